The molecule has 1 unspecified atom stereocenters. The monoisotopic (exact) mass is 562 g/mol. The highest BCUT2D eigenvalue weighted by Crippen LogP contribution is 2.65. The lowest BCUT2D eigenvalue weighted by Crippen LogP contribution is -2.76. The van der Waals surface area contributed by atoms with E-state index < -0.39 is 74.4 Å². The molecule has 0 saturated carbocycles. The Bertz CT molecular complexity index is 771. The summed E-state index contributed by atoms with van der Waals surface area (Å²) < 4.78 is 233. The van der Waals surface area contributed by atoms with Crippen LogP contribution in [-0.4, -0.2) is 61.6 Å². The van der Waals surface area contributed by atoms with Crippen LogP contribution in [0.2, 0.25) is 19.1 Å². The first kappa shape index (κ1) is 31.0. The van der Waals surface area contributed by atoms with Gasteiger partial charge in [-0.25, -0.2) is 0 Å². The molecule has 0 N–H and O–H groups in total. The molecule has 0 bridgehead atoms. The van der Waals surface area contributed by atoms with Crippen LogP contribution in [0.15, 0.2) is 0 Å². The second-order valence-corrected chi connectivity index (χ2v) is 12.7. The Labute approximate surface area is 180 Å². The van der Waals surface area contributed by atoms with Gasteiger partial charge in [0.05, 0.1) is 0 Å². The first-order valence-electron chi connectivity index (χ1n) is 8.83. The minimum atomic E-state index is -8.62. The van der Waals surface area contributed by atoms with E-state index in [-0.39, 0.29) is 13.0 Å². The third kappa shape index (κ3) is 3.86. The molecule has 0 radical (unpaired) electrons. The van der Waals surface area contributed by atoms with Gasteiger partial charge in [-0.15, -0.1) is 0 Å². The summed E-state index contributed by atoms with van der Waals surface area (Å²) in [6, 6.07) is -0.0341. The molecule has 0 aromatic rings. The molecular weight excluding hydrogens is 547 g/mol. The first-order chi connectivity index (χ1) is 14.4. The van der Waals surface area contributed by atoms with Gasteiger partial charge in [-0.05, 0) is 32.5 Å². The number of hydrogen-bond donors (Lipinski definition) is 0. The van der Waals surface area contributed by atoms with Gasteiger partial charge in [0, 0.05) is 0 Å². The second-order valence-electron chi connectivity index (χ2n) is 8.46. The Balaban J connectivity index is 3.69. The van der Waals surface area contributed by atoms with Gasteiger partial charge in [-0.3, -0.25) is 0 Å². The second kappa shape index (κ2) is 7.74. The average molecular weight is 562 g/mol. The van der Waals surface area contributed by atoms with Crippen molar-refractivity contribution in [1.82, 2.24) is 0 Å². The van der Waals surface area contributed by atoms with Crippen molar-refractivity contribution in [3.05, 3.63) is 0 Å². The van der Waals surface area contributed by atoms with Gasteiger partial charge in [0.25, 0.3) is 0 Å². The van der Waals surface area contributed by atoms with Crippen LogP contribution in [0.3, 0.4) is 0 Å². The van der Waals surface area contributed by atoms with Gasteiger partial charge >= 0.3 is 47.6 Å². The van der Waals surface area contributed by atoms with Crippen LogP contribution < -0.4 is 0 Å². The highest BCUT2D eigenvalue weighted by Gasteiger charge is 2.96. The van der Waals surface area contributed by atoms with Crippen molar-refractivity contribution in [2.75, 3.05) is 0 Å². The van der Waals surface area contributed by atoms with Gasteiger partial charge in [0.2, 0.25) is 0 Å². The Morgan fingerprint density at radius 1 is 0.559 bits per heavy atom. The van der Waals surface area contributed by atoms with Crippen LogP contribution in [0, 0.1) is 0 Å². The maximum Gasteiger partial charge on any atom is 0.460 e. The molecule has 1 nitrogen and oxygen atoms in total. The molecule has 1 rings (SSSR count). The molecule has 0 aromatic carbocycles. The lowest BCUT2D eigenvalue weighted by Gasteiger charge is -2.50. The predicted octanol–water partition coefficient (Wildman–Crippen LogP) is 7.77. The van der Waals surface area contributed by atoms with Crippen molar-refractivity contribution in [2.45, 2.75) is 92.1 Å². The molecule has 0 aliphatic carbocycles. The van der Waals surface area contributed by atoms with Gasteiger partial charge in [0.1, 0.15) is 5.60 Å². The first-order valence-corrected chi connectivity index (χ1v) is 11.9. The van der Waals surface area contributed by atoms with E-state index in [0.717, 1.165) is 13.1 Å². The van der Waals surface area contributed by atoms with E-state index in [1.54, 1.807) is 0 Å². The van der Waals surface area contributed by atoms with Crippen molar-refractivity contribution in [3.8, 4) is 0 Å². The average Bonchev–Trinajstić information content (AvgIpc) is 2.58. The highest BCUT2D eigenvalue weighted by atomic mass is 28.4. The Hall–Kier alpha value is -1.01. The zero-order valence-corrected chi connectivity index (χ0v) is 18.0. The molecule has 19 heteroatoms. The number of alkyl halides is 17. The maximum absolute atomic E-state index is 14.5. The van der Waals surface area contributed by atoms with Crippen molar-refractivity contribution >= 4 is 8.32 Å². The molecule has 1 atom stereocenters. The summed E-state index contributed by atoms with van der Waals surface area (Å²) in [5.74, 6) is -56.4. The molecule has 1 saturated heterocycles. The van der Waals surface area contributed by atoms with Crippen LogP contribution in [0.25, 0.3) is 0 Å². The van der Waals surface area contributed by atoms with Gasteiger partial charge in [0.15, 0.2) is 8.32 Å². The molecule has 34 heavy (non-hydrogen) atoms. The Morgan fingerprint density at radius 3 is 1.21 bits per heavy atom. The topological polar surface area (TPSA) is 9.23 Å². The minimum absolute atomic E-state index is 0.0214. The summed E-state index contributed by atoms with van der Waals surface area (Å²) >= 11 is 0. The minimum Gasteiger partial charge on any atom is -0.406 e. The summed E-state index contributed by atoms with van der Waals surface area (Å²) in [6.45, 7) is 2.21. The largest absolute Gasteiger partial charge is 0.460 e. The van der Waals surface area contributed by atoms with Crippen molar-refractivity contribution in [2.24, 2.45) is 0 Å². The molecule has 1 fully saturated rings. The van der Waals surface area contributed by atoms with E-state index in [4.69, 9.17) is 4.43 Å². The molecule has 0 amide bonds. The lowest BCUT2D eigenvalue weighted by molar-refractivity contribution is -0.466. The summed E-state index contributed by atoms with van der Waals surface area (Å²) in [6.07, 6.45) is -9.45. The number of rotatable bonds is 7. The zero-order valence-electron chi connectivity index (χ0n) is 17.0. The third-order valence-corrected chi connectivity index (χ3v) is 7.88. The fraction of sp³-hybridized carbons (Fsp3) is 1.00. The van der Waals surface area contributed by atoms with E-state index in [1.807, 2.05) is 0 Å². The van der Waals surface area contributed by atoms with Gasteiger partial charge < -0.3 is 4.43 Å². The van der Waals surface area contributed by atoms with Gasteiger partial charge in [-0.1, -0.05) is 6.42 Å². The maximum atomic E-state index is 14.5. The Kier molecular flexibility index (Phi) is 7.06. The standard InChI is InChI=1S/C15H15F17OSi/c1-7(5-4-6-34(2,3)33-7)8(16,17)9(18,19)10(20,21)11(22,23)12(24,25)13(26,27)14(28,29)15(30,31)32/h4-6H2,1-3H3. The molecule has 204 valence electrons. The van der Waals surface area contributed by atoms with Crippen molar-refractivity contribution in [1.29, 1.82) is 0 Å². The van der Waals surface area contributed by atoms with Crippen LogP contribution >= 0.6 is 0 Å². The van der Waals surface area contributed by atoms with E-state index in [2.05, 4.69) is 0 Å². The zero-order chi connectivity index (χ0) is 27.8. The molecule has 1 heterocycles. The fourth-order valence-electron chi connectivity index (χ4n) is 3.28. The normalized spacial score (nSPS) is 24.4. The summed E-state index contributed by atoms with van der Waals surface area (Å²) in [4.78, 5) is 0. The third-order valence-electron chi connectivity index (χ3n) is 5.32. The quantitative estimate of drug-likeness (QED) is 0.228. The van der Waals surface area contributed by atoms with Crippen molar-refractivity contribution < 1.29 is 79.1 Å². The van der Waals surface area contributed by atoms with Crippen LogP contribution in [-0.2, 0) is 4.43 Å². The molecular formula is C15H15F17OSi. The molecule has 0 spiro atoms. The predicted molar refractivity (Wildman–Crippen MR) is 81.7 cm³/mol. The summed E-state index contributed by atoms with van der Waals surface area (Å²) in [5.41, 5.74) is -3.75. The summed E-state index contributed by atoms with van der Waals surface area (Å²) in [7, 11) is -3.37. The van der Waals surface area contributed by atoms with E-state index in [9.17, 15) is 74.6 Å². The van der Waals surface area contributed by atoms with Crippen LogP contribution in [0.4, 0.5) is 74.6 Å². The SMILES string of the molecule is CC1(C(F)(F)C(F)(F)C(F)(F)C(F)(F)C(F)(F)C(F)(F)C(F)(F)C(F)(F)F)CCC[Si](C)(C)O1. The van der Waals surface area contributed by atoms with Crippen LogP contribution in [0.1, 0.15) is 19.8 Å². The number of halogens is 17. The van der Waals surface area contributed by atoms with E-state index in [1.165, 1.54) is 0 Å². The van der Waals surface area contributed by atoms with E-state index in [0.29, 0.717) is 0 Å². The van der Waals surface area contributed by atoms with Crippen molar-refractivity contribution in [3.63, 3.8) is 0 Å². The summed E-state index contributed by atoms with van der Waals surface area (Å²) in [5, 5.41) is 0. The van der Waals surface area contributed by atoms with Gasteiger partial charge in [-0.2, -0.15) is 74.6 Å². The number of hydrogen-bond acceptors (Lipinski definition) is 1. The highest BCUT2D eigenvalue weighted by molar-refractivity contribution is 6.71. The molecule has 1 aliphatic rings. The lowest BCUT2D eigenvalue weighted by atomic mass is 9.82. The molecule has 0 aromatic heterocycles. The Morgan fingerprint density at radius 2 is 0.882 bits per heavy atom. The molecule has 1 aliphatic heterocycles. The van der Waals surface area contributed by atoms with Crippen LogP contribution in [0.5, 0.6) is 0 Å². The smallest absolute Gasteiger partial charge is 0.406 e. The fourth-order valence-corrected chi connectivity index (χ4v) is 5.86. The van der Waals surface area contributed by atoms with E-state index >= 15 is 0 Å².